The Hall–Kier alpha value is -1.34. The lowest BCUT2D eigenvalue weighted by Crippen LogP contribution is -2.24. The molecule has 23 heavy (non-hydrogen) atoms. The second kappa shape index (κ2) is 7.05. The summed E-state index contributed by atoms with van der Waals surface area (Å²) in [6, 6.07) is 10.1. The molecule has 6 heteroatoms. The van der Waals surface area contributed by atoms with Crippen molar-refractivity contribution in [3.8, 4) is 0 Å². The first-order valence-corrected chi connectivity index (χ1v) is 9.37. The summed E-state index contributed by atoms with van der Waals surface area (Å²) in [5.41, 5.74) is 3.02. The smallest absolute Gasteiger partial charge is 0.234 e. The van der Waals surface area contributed by atoms with Gasteiger partial charge >= 0.3 is 0 Å². The Morgan fingerprint density at radius 1 is 1.35 bits per heavy atom. The van der Waals surface area contributed by atoms with Gasteiger partial charge in [-0.15, -0.1) is 23.1 Å². The van der Waals surface area contributed by atoms with Crippen molar-refractivity contribution < 1.29 is 9.90 Å². The van der Waals surface area contributed by atoms with Crippen LogP contribution in [-0.2, 0) is 4.79 Å². The van der Waals surface area contributed by atoms with Crippen molar-refractivity contribution in [2.24, 2.45) is 0 Å². The number of hydrogen-bond acceptors (Lipinski definition) is 5. The maximum atomic E-state index is 11.4. The molecule has 1 aromatic heterocycles. The fourth-order valence-corrected chi connectivity index (χ4v) is 4.59. The lowest BCUT2D eigenvalue weighted by Gasteiger charge is -2.16. The fourth-order valence-electron chi connectivity index (χ4n) is 2.41. The predicted molar refractivity (Wildman–Crippen MR) is 96.2 cm³/mol. The van der Waals surface area contributed by atoms with E-state index in [0.29, 0.717) is 12.3 Å². The van der Waals surface area contributed by atoms with Crippen LogP contribution in [0.3, 0.4) is 0 Å². The van der Waals surface area contributed by atoms with Crippen LogP contribution >= 0.6 is 23.1 Å². The molecule has 3 N–H and O–H groups in total. The minimum atomic E-state index is -0.526. The summed E-state index contributed by atoms with van der Waals surface area (Å²) in [4.78, 5) is 12.6. The molecule has 0 spiro atoms. The third-order valence-electron chi connectivity index (χ3n) is 3.83. The molecule has 3 rings (SSSR count). The molecule has 2 unspecified atom stereocenters. The first-order valence-electron chi connectivity index (χ1n) is 7.57. The summed E-state index contributed by atoms with van der Waals surface area (Å²) in [5, 5.41) is 16.6. The van der Waals surface area contributed by atoms with Gasteiger partial charge in [0, 0.05) is 17.5 Å². The highest BCUT2D eigenvalue weighted by atomic mass is 32.2. The van der Waals surface area contributed by atoms with Crippen LogP contribution in [0.25, 0.3) is 0 Å². The van der Waals surface area contributed by atoms with Gasteiger partial charge in [-0.2, -0.15) is 0 Å². The second-order valence-electron chi connectivity index (χ2n) is 5.74. The van der Waals surface area contributed by atoms with Crippen LogP contribution in [0.4, 0.5) is 5.69 Å². The van der Waals surface area contributed by atoms with E-state index in [1.807, 2.05) is 37.3 Å². The number of nitrogens with one attached hydrogen (secondary N) is 2. The van der Waals surface area contributed by atoms with Gasteiger partial charge < -0.3 is 15.7 Å². The first kappa shape index (κ1) is 16.5. The largest absolute Gasteiger partial charge is 0.387 e. The molecule has 1 amide bonds. The average molecular weight is 348 g/mol. The molecule has 2 aromatic rings. The van der Waals surface area contributed by atoms with E-state index in [1.165, 1.54) is 10.4 Å². The molecule has 2 atom stereocenters. The second-order valence-corrected chi connectivity index (χ2v) is 8.07. The highest BCUT2D eigenvalue weighted by molar-refractivity contribution is 8.02. The maximum absolute atomic E-state index is 11.4. The third kappa shape index (κ3) is 3.95. The molecule has 0 bridgehead atoms. The summed E-state index contributed by atoms with van der Waals surface area (Å²) < 4.78 is 1.16. The zero-order chi connectivity index (χ0) is 16.4. The molecule has 1 aromatic carbocycles. The number of aryl methyl sites for hydroxylation is 1. The zero-order valence-corrected chi connectivity index (χ0v) is 14.8. The molecule has 4 nitrogen and oxygen atoms in total. The molecule has 0 aliphatic carbocycles. The van der Waals surface area contributed by atoms with Gasteiger partial charge in [0.05, 0.1) is 21.8 Å². The Balaban J connectivity index is 1.60. The number of anilines is 1. The van der Waals surface area contributed by atoms with Gasteiger partial charge in [-0.3, -0.25) is 4.79 Å². The molecule has 0 saturated carbocycles. The number of rotatable bonds is 5. The van der Waals surface area contributed by atoms with Crippen LogP contribution in [0, 0.1) is 6.92 Å². The standard InChI is InChI=1S/C17H20N2O2S2/c1-10-3-5-12(6-4-10)14(20)8-18-11(2)15-7-13-17(23-15)22-9-16(21)19-13/h3-7,11,14,18,20H,8-9H2,1-2H3,(H,19,21). The van der Waals surface area contributed by atoms with E-state index in [9.17, 15) is 9.90 Å². The van der Waals surface area contributed by atoms with Crippen LogP contribution in [0.2, 0.25) is 0 Å². The number of aliphatic hydroxyl groups excluding tert-OH is 1. The van der Waals surface area contributed by atoms with Crippen molar-refractivity contribution in [1.29, 1.82) is 0 Å². The van der Waals surface area contributed by atoms with E-state index >= 15 is 0 Å². The minimum absolute atomic E-state index is 0.0576. The number of amides is 1. The molecule has 122 valence electrons. The molecule has 0 fully saturated rings. The Morgan fingerprint density at radius 2 is 2.09 bits per heavy atom. The van der Waals surface area contributed by atoms with Crippen LogP contribution < -0.4 is 10.6 Å². The van der Waals surface area contributed by atoms with Gasteiger partial charge in [0.2, 0.25) is 5.91 Å². The summed E-state index contributed by atoms with van der Waals surface area (Å²) in [6.45, 7) is 4.60. The van der Waals surface area contributed by atoms with Gasteiger partial charge in [-0.1, -0.05) is 29.8 Å². The minimum Gasteiger partial charge on any atom is -0.387 e. The predicted octanol–water partition coefficient (Wildman–Crippen LogP) is 3.48. The van der Waals surface area contributed by atoms with E-state index in [-0.39, 0.29) is 11.9 Å². The van der Waals surface area contributed by atoms with Gasteiger partial charge in [0.1, 0.15) is 0 Å². The third-order valence-corrected chi connectivity index (χ3v) is 6.44. The number of aliphatic hydroxyl groups is 1. The summed E-state index contributed by atoms with van der Waals surface area (Å²) in [5.74, 6) is 0.545. The number of thiophene rings is 1. The highest BCUT2D eigenvalue weighted by Gasteiger charge is 2.21. The molecule has 0 radical (unpaired) electrons. The number of thioether (sulfide) groups is 1. The van der Waals surface area contributed by atoms with Crippen molar-refractivity contribution in [2.75, 3.05) is 17.6 Å². The molecule has 1 aliphatic rings. The van der Waals surface area contributed by atoms with Crippen molar-refractivity contribution in [3.05, 3.63) is 46.3 Å². The van der Waals surface area contributed by atoms with Gasteiger partial charge in [0.25, 0.3) is 0 Å². The molecule has 2 heterocycles. The van der Waals surface area contributed by atoms with Gasteiger partial charge in [-0.05, 0) is 25.5 Å². The number of carbonyl (C=O) groups excluding carboxylic acids is 1. The first-order chi connectivity index (χ1) is 11.0. The average Bonchev–Trinajstić information content (AvgIpc) is 2.96. The van der Waals surface area contributed by atoms with Crippen molar-refractivity contribution >= 4 is 34.7 Å². The Kier molecular flexibility index (Phi) is 5.06. The van der Waals surface area contributed by atoms with Crippen molar-refractivity contribution in [1.82, 2.24) is 5.32 Å². The zero-order valence-electron chi connectivity index (χ0n) is 13.1. The van der Waals surface area contributed by atoms with E-state index in [0.717, 1.165) is 15.5 Å². The van der Waals surface area contributed by atoms with Crippen molar-refractivity contribution in [2.45, 2.75) is 30.2 Å². The van der Waals surface area contributed by atoms with Crippen LogP contribution in [-0.4, -0.2) is 23.3 Å². The number of benzene rings is 1. The highest BCUT2D eigenvalue weighted by Crippen LogP contribution is 2.41. The van der Waals surface area contributed by atoms with E-state index in [2.05, 4.69) is 17.6 Å². The fraction of sp³-hybridized carbons (Fsp3) is 0.353. The molecule has 0 saturated heterocycles. The van der Waals surface area contributed by atoms with E-state index in [4.69, 9.17) is 0 Å². The topological polar surface area (TPSA) is 61.4 Å². The Bertz CT molecular complexity index is 697. The Labute approximate surface area is 144 Å². The monoisotopic (exact) mass is 348 g/mol. The maximum Gasteiger partial charge on any atom is 0.234 e. The lowest BCUT2D eigenvalue weighted by atomic mass is 10.1. The van der Waals surface area contributed by atoms with Crippen LogP contribution in [0.1, 0.15) is 35.1 Å². The van der Waals surface area contributed by atoms with Crippen LogP contribution in [0.5, 0.6) is 0 Å². The summed E-state index contributed by atoms with van der Waals surface area (Å²) in [7, 11) is 0. The normalized spacial score (nSPS) is 16.6. The number of hydrogen-bond donors (Lipinski definition) is 3. The quantitative estimate of drug-likeness (QED) is 0.774. The number of fused-ring (bicyclic) bond motifs is 1. The van der Waals surface area contributed by atoms with E-state index in [1.54, 1.807) is 23.1 Å². The number of carbonyl (C=O) groups is 1. The lowest BCUT2D eigenvalue weighted by molar-refractivity contribution is -0.113. The molecular weight excluding hydrogens is 328 g/mol. The van der Waals surface area contributed by atoms with Gasteiger partial charge in [-0.25, -0.2) is 0 Å². The summed E-state index contributed by atoms with van der Waals surface area (Å²) >= 11 is 3.29. The van der Waals surface area contributed by atoms with E-state index < -0.39 is 6.10 Å². The molecular formula is C17H20N2O2S2. The Morgan fingerprint density at radius 3 is 2.83 bits per heavy atom. The van der Waals surface area contributed by atoms with Gasteiger partial charge in [0.15, 0.2) is 0 Å². The van der Waals surface area contributed by atoms with Crippen LogP contribution in [0.15, 0.2) is 34.5 Å². The summed E-state index contributed by atoms with van der Waals surface area (Å²) in [6.07, 6.45) is -0.526. The molecule has 1 aliphatic heterocycles. The SMILES string of the molecule is Cc1ccc(C(O)CNC(C)c2cc3c(s2)SCC(=O)N3)cc1. The van der Waals surface area contributed by atoms with Crippen molar-refractivity contribution in [3.63, 3.8) is 0 Å².